The fourth-order valence-corrected chi connectivity index (χ4v) is 4.64. The molecule has 6 heteroatoms. The maximum Gasteiger partial charge on any atom is 0.128 e. The van der Waals surface area contributed by atoms with E-state index in [2.05, 4.69) is 19.2 Å². The van der Waals surface area contributed by atoms with E-state index in [0.29, 0.717) is 0 Å². The predicted molar refractivity (Wildman–Crippen MR) is 115 cm³/mol. The molecular weight excluding hydrogens is 382 g/mol. The zero-order valence-corrected chi connectivity index (χ0v) is 18.9. The fourth-order valence-electron chi connectivity index (χ4n) is 4.64. The standard InChI is InChI=1S/C24H33NO5/c1-14-22(18-12-16(27-4)8-10-20(18)29-6)25-23(15(2)24(14,3)26)19-13-17(28-5)9-11-21(19)30-7/h8-15,22-23,25-26H,1-7H3/p+1/t14-,15-,22-,23+,24?/m0/s1. The van der Waals surface area contributed by atoms with E-state index in [0.717, 1.165) is 34.1 Å². The third kappa shape index (κ3) is 3.82. The van der Waals surface area contributed by atoms with Crippen LogP contribution in [-0.2, 0) is 0 Å². The first-order valence-electron chi connectivity index (χ1n) is 10.3. The zero-order chi connectivity index (χ0) is 22.1. The Balaban J connectivity index is 2.13. The number of benzene rings is 2. The SMILES string of the molecule is COc1ccc(OC)c([C@H]2[NH2+][C@@H](c3cc(OC)ccc3OC)[C@H](C)C(C)(O)[C@H]2C)c1. The van der Waals surface area contributed by atoms with Crippen molar-refractivity contribution in [3.8, 4) is 23.0 Å². The van der Waals surface area contributed by atoms with Crippen molar-refractivity contribution in [3.05, 3.63) is 47.5 Å². The van der Waals surface area contributed by atoms with Crippen molar-refractivity contribution < 1.29 is 29.4 Å². The summed E-state index contributed by atoms with van der Waals surface area (Å²) in [4.78, 5) is 0. The third-order valence-electron chi connectivity index (χ3n) is 6.93. The van der Waals surface area contributed by atoms with Crippen LogP contribution in [0.4, 0.5) is 0 Å². The molecule has 1 fully saturated rings. The molecule has 164 valence electrons. The van der Waals surface area contributed by atoms with Crippen molar-refractivity contribution in [2.75, 3.05) is 28.4 Å². The van der Waals surface area contributed by atoms with Crippen LogP contribution < -0.4 is 24.3 Å². The highest BCUT2D eigenvalue weighted by Crippen LogP contribution is 2.46. The summed E-state index contributed by atoms with van der Waals surface area (Å²) in [5.41, 5.74) is 1.10. The van der Waals surface area contributed by atoms with Crippen LogP contribution >= 0.6 is 0 Å². The maximum absolute atomic E-state index is 11.6. The average molecular weight is 417 g/mol. The van der Waals surface area contributed by atoms with Gasteiger partial charge in [-0.25, -0.2) is 0 Å². The van der Waals surface area contributed by atoms with Gasteiger partial charge in [0.15, 0.2) is 0 Å². The Kier molecular flexibility index (Phi) is 6.48. The number of aliphatic hydroxyl groups is 1. The van der Waals surface area contributed by atoms with Crippen LogP contribution in [0.15, 0.2) is 36.4 Å². The van der Waals surface area contributed by atoms with Gasteiger partial charge in [-0.3, -0.25) is 0 Å². The smallest absolute Gasteiger partial charge is 0.128 e. The highest BCUT2D eigenvalue weighted by molar-refractivity contribution is 5.44. The molecule has 1 aliphatic heterocycles. The Hall–Kier alpha value is -2.44. The lowest BCUT2D eigenvalue weighted by Gasteiger charge is -2.47. The summed E-state index contributed by atoms with van der Waals surface area (Å²) < 4.78 is 22.3. The molecule has 0 saturated carbocycles. The lowest BCUT2D eigenvalue weighted by Crippen LogP contribution is -2.93. The van der Waals surface area contributed by atoms with Crippen molar-refractivity contribution in [2.24, 2.45) is 11.8 Å². The van der Waals surface area contributed by atoms with Crippen LogP contribution in [0, 0.1) is 11.8 Å². The minimum atomic E-state index is -0.910. The van der Waals surface area contributed by atoms with Gasteiger partial charge < -0.3 is 29.4 Å². The number of hydrogen-bond donors (Lipinski definition) is 2. The molecule has 1 unspecified atom stereocenters. The summed E-state index contributed by atoms with van der Waals surface area (Å²) >= 11 is 0. The lowest BCUT2D eigenvalue weighted by molar-refractivity contribution is -0.763. The third-order valence-corrected chi connectivity index (χ3v) is 6.93. The van der Waals surface area contributed by atoms with Crippen LogP contribution in [-0.4, -0.2) is 39.1 Å². The molecule has 3 rings (SSSR count). The summed E-state index contributed by atoms with van der Waals surface area (Å²) in [5.74, 6) is 3.04. The van der Waals surface area contributed by atoms with Gasteiger partial charge in [0, 0.05) is 11.8 Å². The monoisotopic (exact) mass is 416 g/mol. The van der Waals surface area contributed by atoms with Gasteiger partial charge in [0.25, 0.3) is 0 Å². The quantitative estimate of drug-likeness (QED) is 0.757. The van der Waals surface area contributed by atoms with E-state index in [4.69, 9.17) is 18.9 Å². The Morgan fingerprint density at radius 1 is 0.733 bits per heavy atom. The van der Waals surface area contributed by atoms with Gasteiger partial charge in [0.2, 0.25) is 0 Å². The Morgan fingerprint density at radius 3 is 1.47 bits per heavy atom. The van der Waals surface area contributed by atoms with E-state index in [1.54, 1.807) is 28.4 Å². The highest BCUT2D eigenvalue weighted by atomic mass is 16.5. The number of nitrogens with two attached hydrogens (primary N) is 1. The first-order valence-corrected chi connectivity index (χ1v) is 10.3. The Morgan fingerprint density at radius 2 is 1.13 bits per heavy atom. The molecule has 2 aromatic rings. The van der Waals surface area contributed by atoms with Crippen LogP contribution in [0.3, 0.4) is 0 Å². The molecule has 1 heterocycles. The summed E-state index contributed by atoms with van der Waals surface area (Å²) in [6.07, 6.45) is 0. The average Bonchev–Trinajstić information content (AvgIpc) is 2.77. The minimum absolute atomic E-state index is 0.0265. The summed E-state index contributed by atoms with van der Waals surface area (Å²) in [5, 5.41) is 13.9. The van der Waals surface area contributed by atoms with E-state index in [1.165, 1.54) is 0 Å². The van der Waals surface area contributed by atoms with Crippen LogP contribution in [0.2, 0.25) is 0 Å². The van der Waals surface area contributed by atoms with Crippen molar-refractivity contribution in [1.29, 1.82) is 0 Å². The van der Waals surface area contributed by atoms with Crippen molar-refractivity contribution in [2.45, 2.75) is 38.5 Å². The van der Waals surface area contributed by atoms with E-state index in [1.807, 2.05) is 43.3 Å². The van der Waals surface area contributed by atoms with Crippen molar-refractivity contribution in [1.82, 2.24) is 0 Å². The molecule has 0 aromatic heterocycles. The molecular formula is C24H34NO5+. The van der Waals surface area contributed by atoms with E-state index in [-0.39, 0.29) is 23.9 Å². The number of methoxy groups -OCH3 is 4. The van der Waals surface area contributed by atoms with Gasteiger partial charge in [-0.1, -0.05) is 13.8 Å². The molecule has 1 saturated heterocycles. The van der Waals surface area contributed by atoms with Crippen LogP contribution in [0.5, 0.6) is 23.0 Å². The minimum Gasteiger partial charge on any atom is -0.497 e. The number of piperidine rings is 1. The van der Waals surface area contributed by atoms with Gasteiger partial charge in [0.1, 0.15) is 35.1 Å². The van der Waals surface area contributed by atoms with Crippen LogP contribution in [0.1, 0.15) is 44.0 Å². The molecule has 0 aliphatic carbocycles. The summed E-state index contributed by atoms with van der Waals surface area (Å²) in [7, 11) is 6.65. The van der Waals surface area contributed by atoms with E-state index < -0.39 is 5.60 Å². The number of rotatable bonds is 6. The molecule has 5 atom stereocenters. The van der Waals surface area contributed by atoms with E-state index >= 15 is 0 Å². The van der Waals surface area contributed by atoms with Gasteiger partial charge in [-0.05, 0) is 43.3 Å². The fraction of sp³-hybridized carbons (Fsp3) is 0.500. The topological polar surface area (TPSA) is 73.8 Å². The molecule has 3 N–H and O–H groups in total. The largest absolute Gasteiger partial charge is 0.497 e. The second-order valence-electron chi connectivity index (χ2n) is 8.26. The predicted octanol–water partition coefficient (Wildman–Crippen LogP) is 3.10. The first-order chi connectivity index (χ1) is 14.3. The van der Waals surface area contributed by atoms with Gasteiger partial charge in [-0.2, -0.15) is 0 Å². The van der Waals surface area contributed by atoms with Gasteiger partial charge >= 0.3 is 0 Å². The molecule has 0 spiro atoms. The molecule has 30 heavy (non-hydrogen) atoms. The summed E-state index contributed by atoms with van der Waals surface area (Å²) in [6.45, 7) is 6.11. The normalized spacial score (nSPS) is 28.7. The second kappa shape index (κ2) is 8.74. The number of quaternary nitrogens is 1. The van der Waals surface area contributed by atoms with Crippen molar-refractivity contribution in [3.63, 3.8) is 0 Å². The second-order valence-corrected chi connectivity index (χ2v) is 8.26. The number of ether oxygens (including phenoxy) is 4. The molecule has 0 radical (unpaired) electrons. The molecule has 0 amide bonds. The van der Waals surface area contributed by atoms with Crippen molar-refractivity contribution >= 4 is 0 Å². The molecule has 0 bridgehead atoms. The Labute approximate surface area is 179 Å². The first kappa shape index (κ1) is 22.2. The highest BCUT2D eigenvalue weighted by Gasteiger charge is 2.52. The van der Waals surface area contributed by atoms with Gasteiger partial charge in [-0.15, -0.1) is 0 Å². The van der Waals surface area contributed by atoms with Gasteiger partial charge in [0.05, 0.1) is 45.2 Å². The zero-order valence-electron chi connectivity index (χ0n) is 18.9. The molecule has 2 aromatic carbocycles. The molecule has 1 aliphatic rings. The molecule has 6 nitrogen and oxygen atoms in total. The van der Waals surface area contributed by atoms with Crippen LogP contribution in [0.25, 0.3) is 0 Å². The Bertz CT molecular complexity index is 812. The number of hydrogen-bond acceptors (Lipinski definition) is 5. The lowest BCUT2D eigenvalue weighted by atomic mass is 9.67. The summed E-state index contributed by atoms with van der Waals surface area (Å²) in [6, 6.07) is 11.5. The maximum atomic E-state index is 11.6. The van der Waals surface area contributed by atoms with E-state index in [9.17, 15) is 5.11 Å².